The van der Waals surface area contributed by atoms with Crippen LogP contribution in [0.1, 0.15) is 26.2 Å². The molecule has 0 saturated heterocycles. The average Bonchev–Trinajstić information content (AvgIpc) is 2.06. The number of nitrogens with two attached hydrogens (primary N) is 1. The van der Waals surface area contributed by atoms with Crippen molar-refractivity contribution in [3.63, 3.8) is 0 Å². The third-order valence-corrected chi connectivity index (χ3v) is 2.05. The number of hydrogen-bond acceptors (Lipinski definition) is 2. The summed E-state index contributed by atoms with van der Waals surface area (Å²) in [6.07, 6.45) is 9.80. The highest BCUT2D eigenvalue weighted by Gasteiger charge is 2.03. The quantitative estimate of drug-likeness (QED) is 0.665. The molecule has 1 unspecified atom stereocenters. The molecule has 0 fully saturated rings. The molecule has 0 heterocycles. The molecule has 1 atom stereocenters. The lowest BCUT2D eigenvalue weighted by atomic mass is 10.1. The van der Waals surface area contributed by atoms with Gasteiger partial charge in [-0.25, -0.2) is 0 Å². The molecule has 1 aliphatic rings. The molecular formula is C10H18N2. The summed E-state index contributed by atoms with van der Waals surface area (Å²) in [6, 6.07) is 0.507. The molecule has 1 aliphatic carbocycles. The molecule has 2 nitrogen and oxygen atoms in total. The van der Waals surface area contributed by atoms with E-state index in [-0.39, 0.29) is 0 Å². The second-order valence-corrected chi connectivity index (χ2v) is 3.28. The maximum Gasteiger partial charge on any atom is 0.0242 e. The van der Waals surface area contributed by atoms with Gasteiger partial charge in [-0.05, 0) is 38.8 Å². The second-order valence-electron chi connectivity index (χ2n) is 3.28. The predicted molar refractivity (Wildman–Crippen MR) is 52.7 cm³/mol. The average molecular weight is 166 g/mol. The largest absolute Gasteiger partial charge is 0.386 e. The summed E-state index contributed by atoms with van der Waals surface area (Å²) in [5, 5.41) is 3.45. The highest BCUT2D eigenvalue weighted by atomic mass is 14.9. The van der Waals surface area contributed by atoms with Crippen LogP contribution in [-0.4, -0.2) is 12.6 Å². The van der Waals surface area contributed by atoms with Crippen molar-refractivity contribution in [1.82, 2.24) is 5.32 Å². The van der Waals surface area contributed by atoms with Crippen LogP contribution in [0, 0.1) is 0 Å². The molecule has 0 saturated carbocycles. The van der Waals surface area contributed by atoms with Gasteiger partial charge in [0.05, 0.1) is 0 Å². The minimum absolute atomic E-state index is 0.507. The Labute approximate surface area is 74.5 Å². The van der Waals surface area contributed by atoms with Gasteiger partial charge in [0.25, 0.3) is 0 Å². The summed E-state index contributed by atoms with van der Waals surface area (Å²) in [4.78, 5) is 0. The molecule has 0 bridgehead atoms. The molecule has 12 heavy (non-hydrogen) atoms. The van der Waals surface area contributed by atoms with Crippen LogP contribution in [0.3, 0.4) is 0 Å². The van der Waals surface area contributed by atoms with E-state index in [9.17, 15) is 0 Å². The van der Waals surface area contributed by atoms with Crippen LogP contribution in [0.5, 0.6) is 0 Å². The van der Waals surface area contributed by atoms with E-state index in [0.717, 1.165) is 25.8 Å². The van der Waals surface area contributed by atoms with Crippen LogP contribution in [0.2, 0.25) is 0 Å². The van der Waals surface area contributed by atoms with Crippen LogP contribution in [-0.2, 0) is 0 Å². The van der Waals surface area contributed by atoms with E-state index >= 15 is 0 Å². The fraction of sp³-hybridized carbons (Fsp3) is 0.600. The van der Waals surface area contributed by atoms with Crippen LogP contribution in [0.25, 0.3) is 0 Å². The Morgan fingerprint density at radius 1 is 1.67 bits per heavy atom. The minimum atomic E-state index is 0.507. The van der Waals surface area contributed by atoms with Crippen molar-refractivity contribution in [3.8, 4) is 0 Å². The monoisotopic (exact) mass is 166 g/mol. The van der Waals surface area contributed by atoms with Gasteiger partial charge in [0.1, 0.15) is 0 Å². The van der Waals surface area contributed by atoms with Crippen molar-refractivity contribution in [1.29, 1.82) is 0 Å². The second kappa shape index (κ2) is 4.99. The molecule has 0 aromatic heterocycles. The van der Waals surface area contributed by atoms with Crippen molar-refractivity contribution in [2.75, 3.05) is 6.54 Å². The van der Waals surface area contributed by atoms with Gasteiger partial charge in [-0.3, -0.25) is 0 Å². The van der Waals surface area contributed by atoms with E-state index in [4.69, 9.17) is 5.73 Å². The summed E-state index contributed by atoms with van der Waals surface area (Å²) in [7, 11) is 0. The Hall–Kier alpha value is -0.760. The Morgan fingerprint density at radius 3 is 3.08 bits per heavy atom. The van der Waals surface area contributed by atoms with E-state index in [1.165, 1.54) is 5.70 Å². The Balaban J connectivity index is 2.29. The van der Waals surface area contributed by atoms with Crippen molar-refractivity contribution in [2.24, 2.45) is 5.73 Å². The van der Waals surface area contributed by atoms with Gasteiger partial charge in [-0.1, -0.05) is 12.2 Å². The molecule has 0 aliphatic heterocycles. The first-order valence-corrected chi connectivity index (χ1v) is 4.65. The van der Waals surface area contributed by atoms with E-state index in [1.807, 2.05) is 0 Å². The standard InChI is InChI=1S/C10H18N2/c1-9(7-8-11)12-10-5-3-2-4-6-10/h2-3,5,9,12H,4,6-8,11H2,1H3. The topological polar surface area (TPSA) is 38.0 Å². The zero-order valence-electron chi connectivity index (χ0n) is 7.72. The van der Waals surface area contributed by atoms with Crippen molar-refractivity contribution >= 4 is 0 Å². The first-order valence-electron chi connectivity index (χ1n) is 4.65. The van der Waals surface area contributed by atoms with Gasteiger partial charge in [-0.2, -0.15) is 0 Å². The first-order chi connectivity index (χ1) is 5.83. The third kappa shape index (κ3) is 3.09. The molecule has 2 heteroatoms. The summed E-state index contributed by atoms with van der Waals surface area (Å²) in [5.41, 5.74) is 6.81. The number of allylic oxidation sites excluding steroid dienone is 4. The molecule has 68 valence electrons. The SMILES string of the molecule is CC(CCN)NC1=CC=CCC1. The van der Waals surface area contributed by atoms with E-state index in [1.54, 1.807) is 0 Å². The Bertz CT molecular complexity index is 182. The molecule has 3 N–H and O–H groups in total. The predicted octanol–water partition coefficient (Wildman–Crippen LogP) is 1.55. The van der Waals surface area contributed by atoms with Gasteiger partial charge < -0.3 is 11.1 Å². The third-order valence-electron chi connectivity index (χ3n) is 2.05. The Morgan fingerprint density at radius 2 is 2.50 bits per heavy atom. The zero-order valence-corrected chi connectivity index (χ0v) is 7.72. The van der Waals surface area contributed by atoms with Gasteiger partial charge in [0.2, 0.25) is 0 Å². The number of hydrogen-bond donors (Lipinski definition) is 2. The molecule has 0 amide bonds. The molecule has 0 spiro atoms. The normalized spacial score (nSPS) is 18.7. The van der Waals surface area contributed by atoms with Crippen molar-refractivity contribution < 1.29 is 0 Å². The smallest absolute Gasteiger partial charge is 0.0242 e. The fourth-order valence-electron chi connectivity index (χ4n) is 1.36. The van der Waals surface area contributed by atoms with Gasteiger partial charge in [0.15, 0.2) is 0 Å². The maximum atomic E-state index is 5.46. The fourth-order valence-corrected chi connectivity index (χ4v) is 1.36. The van der Waals surface area contributed by atoms with Gasteiger partial charge in [0, 0.05) is 11.7 Å². The zero-order chi connectivity index (χ0) is 8.81. The summed E-state index contributed by atoms with van der Waals surface area (Å²) >= 11 is 0. The highest BCUT2D eigenvalue weighted by Crippen LogP contribution is 2.09. The van der Waals surface area contributed by atoms with Gasteiger partial charge >= 0.3 is 0 Å². The summed E-state index contributed by atoms with van der Waals surface area (Å²) < 4.78 is 0. The molecular weight excluding hydrogens is 148 g/mol. The maximum absolute atomic E-state index is 5.46. The van der Waals surface area contributed by atoms with Crippen LogP contribution < -0.4 is 11.1 Å². The van der Waals surface area contributed by atoms with Crippen LogP contribution >= 0.6 is 0 Å². The lowest BCUT2D eigenvalue weighted by Gasteiger charge is -2.18. The van der Waals surface area contributed by atoms with Crippen molar-refractivity contribution in [3.05, 3.63) is 23.9 Å². The summed E-state index contributed by atoms with van der Waals surface area (Å²) in [6.45, 7) is 2.93. The van der Waals surface area contributed by atoms with Gasteiger partial charge in [-0.15, -0.1) is 0 Å². The highest BCUT2D eigenvalue weighted by molar-refractivity contribution is 5.16. The molecule has 1 rings (SSSR count). The van der Waals surface area contributed by atoms with E-state index in [0.29, 0.717) is 6.04 Å². The Kier molecular flexibility index (Phi) is 3.88. The van der Waals surface area contributed by atoms with E-state index < -0.39 is 0 Å². The minimum Gasteiger partial charge on any atom is -0.386 e. The first kappa shape index (κ1) is 9.33. The van der Waals surface area contributed by atoms with Crippen molar-refractivity contribution in [2.45, 2.75) is 32.2 Å². The van der Waals surface area contributed by atoms with Crippen LogP contribution in [0.15, 0.2) is 23.9 Å². The summed E-state index contributed by atoms with van der Waals surface area (Å²) in [5.74, 6) is 0. The molecule has 0 radical (unpaired) electrons. The molecule has 0 aromatic rings. The lowest BCUT2D eigenvalue weighted by Crippen LogP contribution is -2.28. The molecule has 0 aromatic carbocycles. The number of nitrogens with one attached hydrogen (secondary N) is 1. The number of rotatable bonds is 4. The lowest BCUT2D eigenvalue weighted by molar-refractivity contribution is 0.560. The van der Waals surface area contributed by atoms with Crippen LogP contribution in [0.4, 0.5) is 0 Å². The van der Waals surface area contributed by atoms with E-state index in [2.05, 4.69) is 30.5 Å².